The summed E-state index contributed by atoms with van der Waals surface area (Å²) in [5.74, 6) is 1.04. The van der Waals surface area contributed by atoms with Gasteiger partial charge in [-0.25, -0.2) is 0 Å². The molecule has 1 saturated carbocycles. The van der Waals surface area contributed by atoms with Gasteiger partial charge in [-0.05, 0) is 47.9 Å². The highest BCUT2D eigenvalue weighted by molar-refractivity contribution is 6.30. The first kappa shape index (κ1) is 14.2. The minimum absolute atomic E-state index is 0.157. The molecule has 2 aliphatic rings. The molecule has 2 N–H and O–H groups in total. The summed E-state index contributed by atoms with van der Waals surface area (Å²) in [5, 5.41) is 0.807. The zero-order chi connectivity index (χ0) is 14.4. The summed E-state index contributed by atoms with van der Waals surface area (Å²) >= 11 is 6.27. The maximum atomic E-state index is 6.81. The van der Waals surface area contributed by atoms with Gasteiger partial charge in [0.1, 0.15) is 5.75 Å². The second-order valence-corrected chi connectivity index (χ2v) is 7.51. The molecule has 1 aliphatic heterocycles. The van der Waals surface area contributed by atoms with Crippen molar-refractivity contribution in [2.45, 2.75) is 57.9 Å². The Kier molecular flexibility index (Phi) is 3.50. The Morgan fingerprint density at radius 2 is 2.00 bits per heavy atom. The Balaban J connectivity index is 1.95. The van der Waals surface area contributed by atoms with Crippen LogP contribution in [0.25, 0.3) is 0 Å². The Morgan fingerprint density at radius 1 is 1.25 bits per heavy atom. The Labute approximate surface area is 126 Å². The molecule has 110 valence electrons. The molecule has 0 radical (unpaired) electrons. The lowest BCUT2D eigenvalue weighted by Crippen LogP contribution is -2.56. The quantitative estimate of drug-likeness (QED) is 0.890. The van der Waals surface area contributed by atoms with Crippen LogP contribution < -0.4 is 10.5 Å². The van der Waals surface area contributed by atoms with Crippen LogP contribution in [0.1, 0.15) is 50.7 Å². The molecule has 0 bridgehead atoms. The molecule has 1 fully saturated rings. The zero-order valence-corrected chi connectivity index (χ0v) is 13.2. The SMILES string of the molecule is CC1(C)CCCCC1(N)Cc1cc(Cl)cc2c1OCC2. The van der Waals surface area contributed by atoms with Crippen LogP contribution in [0.15, 0.2) is 12.1 Å². The lowest BCUT2D eigenvalue weighted by Gasteiger charge is -2.48. The summed E-state index contributed by atoms with van der Waals surface area (Å²) in [6.07, 6.45) is 6.63. The van der Waals surface area contributed by atoms with Crippen molar-refractivity contribution >= 4 is 11.6 Å². The maximum Gasteiger partial charge on any atom is 0.125 e. The average molecular weight is 294 g/mol. The molecule has 0 saturated heterocycles. The van der Waals surface area contributed by atoms with E-state index in [1.54, 1.807) is 0 Å². The molecule has 1 aliphatic carbocycles. The predicted molar refractivity (Wildman–Crippen MR) is 83.5 cm³/mol. The lowest BCUT2D eigenvalue weighted by atomic mass is 9.61. The Bertz CT molecular complexity index is 526. The van der Waals surface area contributed by atoms with Crippen LogP contribution >= 0.6 is 11.6 Å². The summed E-state index contributed by atoms with van der Waals surface area (Å²) in [6, 6.07) is 4.08. The number of nitrogens with two attached hydrogens (primary N) is 1. The average Bonchev–Trinajstić information content (AvgIpc) is 2.81. The van der Waals surface area contributed by atoms with E-state index in [9.17, 15) is 0 Å². The molecule has 20 heavy (non-hydrogen) atoms. The molecule has 1 atom stereocenters. The highest BCUT2D eigenvalue weighted by Crippen LogP contribution is 2.46. The molecule has 1 aromatic carbocycles. The molecule has 0 amide bonds. The fourth-order valence-corrected chi connectivity index (χ4v) is 4.00. The van der Waals surface area contributed by atoms with Gasteiger partial charge in [-0.3, -0.25) is 0 Å². The highest BCUT2D eigenvalue weighted by atomic mass is 35.5. The third-order valence-electron chi connectivity index (χ3n) is 5.35. The molecule has 1 heterocycles. The normalized spacial score (nSPS) is 28.0. The number of hydrogen-bond donors (Lipinski definition) is 1. The van der Waals surface area contributed by atoms with Gasteiger partial charge in [0.2, 0.25) is 0 Å². The molecule has 1 unspecified atom stereocenters. The molecule has 0 spiro atoms. The van der Waals surface area contributed by atoms with Crippen LogP contribution in [0, 0.1) is 5.41 Å². The van der Waals surface area contributed by atoms with Gasteiger partial charge in [0.25, 0.3) is 0 Å². The molecule has 3 rings (SSSR count). The van der Waals surface area contributed by atoms with Crippen LogP contribution in [-0.2, 0) is 12.8 Å². The van der Waals surface area contributed by atoms with Crippen LogP contribution in [-0.4, -0.2) is 12.1 Å². The first-order chi connectivity index (χ1) is 9.41. The summed E-state index contributed by atoms with van der Waals surface area (Å²) < 4.78 is 5.83. The van der Waals surface area contributed by atoms with E-state index in [0.29, 0.717) is 0 Å². The van der Waals surface area contributed by atoms with Crippen molar-refractivity contribution in [3.63, 3.8) is 0 Å². The summed E-state index contributed by atoms with van der Waals surface area (Å²) in [5.41, 5.74) is 9.26. The van der Waals surface area contributed by atoms with E-state index in [-0.39, 0.29) is 11.0 Å². The maximum absolute atomic E-state index is 6.81. The first-order valence-electron chi connectivity index (χ1n) is 7.64. The van der Waals surface area contributed by atoms with Crippen molar-refractivity contribution < 1.29 is 4.74 Å². The zero-order valence-electron chi connectivity index (χ0n) is 12.5. The minimum Gasteiger partial charge on any atom is -0.493 e. The van der Waals surface area contributed by atoms with Crippen molar-refractivity contribution in [2.75, 3.05) is 6.61 Å². The number of fused-ring (bicyclic) bond motifs is 1. The third-order valence-corrected chi connectivity index (χ3v) is 5.57. The van der Waals surface area contributed by atoms with Crippen LogP contribution in [0.4, 0.5) is 0 Å². The van der Waals surface area contributed by atoms with E-state index >= 15 is 0 Å². The highest BCUT2D eigenvalue weighted by Gasteiger charge is 2.44. The summed E-state index contributed by atoms with van der Waals surface area (Å²) in [4.78, 5) is 0. The topological polar surface area (TPSA) is 35.2 Å². The van der Waals surface area contributed by atoms with Crippen LogP contribution in [0.3, 0.4) is 0 Å². The fourth-order valence-electron chi connectivity index (χ4n) is 3.74. The molecule has 1 aromatic rings. The van der Waals surface area contributed by atoms with E-state index in [4.69, 9.17) is 22.1 Å². The van der Waals surface area contributed by atoms with E-state index < -0.39 is 0 Å². The van der Waals surface area contributed by atoms with Gasteiger partial charge in [-0.1, -0.05) is 38.3 Å². The van der Waals surface area contributed by atoms with Crippen LogP contribution in [0.5, 0.6) is 5.75 Å². The van der Waals surface area contributed by atoms with E-state index in [2.05, 4.69) is 13.8 Å². The van der Waals surface area contributed by atoms with Gasteiger partial charge in [-0.15, -0.1) is 0 Å². The van der Waals surface area contributed by atoms with Crippen molar-refractivity contribution in [2.24, 2.45) is 11.1 Å². The van der Waals surface area contributed by atoms with Gasteiger partial charge in [-0.2, -0.15) is 0 Å². The van der Waals surface area contributed by atoms with Gasteiger partial charge in [0.15, 0.2) is 0 Å². The second-order valence-electron chi connectivity index (χ2n) is 7.08. The van der Waals surface area contributed by atoms with E-state index in [0.717, 1.165) is 36.6 Å². The molecule has 3 heteroatoms. The largest absolute Gasteiger partial charge is 0.493 e. The third kappa shape index (κ3) is 2.33. The predicted octanol–water partition coefficient (Wildman–Crippen LogP) is 4.12. The minimum atomic E-state index is -0.157. The van der Waals surface area contributed by atoms with Gasteiger partial charge < -0.3 is 10.5 Å². The number of benzene rings is 1. The van der Waals surface area contributed by atoms with Crippen LogP contribution in [0.2, 0.25) is 5.02 Å². The monoisotopic (exact) mass is 293 g/mol. The number of ether oxygens (including phenoxy) is 1. The Hall–Kier alpha value is -0.730. The Morgan fingerprint density at radius 3 is 2.75 bits per heavy atom. The molecular formula is C17H24ClNO. The lowest BCUT2D eigenvalue weighted by molar-refractivity contribution is 0.0984. The van der Waals surface area contributed by atoms with Crippen molar-refractivity contribution in [1.29, 1.82) is 0 Å². The second kappa shape index (κ2) is 4.92. The molecule has 2 nitrogen and oxygen atoms in total. The summed E-state index contributed by atoms with van der Waals surface area (Å²) in [6.45, 7) is 5.37. The van der Waals surface area contributed by atoms with E-state index in [1.165, 1.54) is 30.4 Å². The number of halogens is 1. The standard InChI is InChI=1S/C17H24ClNO/c1-16(2)6-3-4-7-17(16,19)11-13-10-14(18)9-12-5-8-20-15(12)13/h9-10H,3-8,11,19H2,1-2H3. The number of rotatable bonds is 2. The van der Waals surface area contributed by atoms with E-state index in [1.807, 2.05) is 12.1 Å². The number of hydrogen-bond acceptors (Lipinski definition) is 2. The van der Waals surface area contributed by atoms with Gasteiger partial charge in [0.05, 0.1) is 6.61 Å². The van der Waals surface area contributed by atoms with Gasteiger partial charge in [0, 0.05) is 17.0 Å². The fraction of sp³-hybridized carbons (Fsp3) is 0.647. The summed E-state index contributed by atoms with van der Waals surface area (Å²) in [7, 11) is 0. The van der Waals surface area contributed by atoms with Crippen molar-refractivity contribution in [3.05, 3.63) is 28.3 Å². The first-order valence-corrected chi connectivity index (χ1v) is 8.02. The molecular weight excluding hydrogens is 270 g/mol. The smallest absolute Gasteiger partial charge is 0.125 e. The molecule has 0 aromatic heterocycles. The van der Waals surface area contributed by atoms with Gasteiger partial charge >= 0.3 is 0 Å². The van der Waals surface area contributed by atoms with Crippen molar-refractivity contribution in [1.82, 2.24) is 0 Å². The van der Waals surface area contributed by atoms with Crippen molar-refractivity contribution in [3.8, 4) is 5.75 Å².